The summed E-state index contributed by atoms with van der Waals surface area (Å²) in [6, 6.07) is 0. The van der Waals surface area contributed by atoms with Crippen LogP contribution in [0.1, 0.15) is 86.0 Å². The van der Waals surface area contributed by atoms with Crippen molar-refractivity contribution in [2.24, 2.45) is 40.4 Å². The molecule has 4 unspecified atom stereocenters. The molecule has 2 saturated heterocycles. The number of rotatable bonds is 11. The van der Waals surface area contributed by atoms with Gasteiger partial charge in [0.15, 0.2) is 12.6 Å². The van der Waals surface area contributed by atoms with Crippen molar-refractivity contribution < 1.29 is 69.6 Å². The van der Waals surface area contributed by atoms with E-state index in [1.54, 1.807) is 6.92 Å². The Morgan fingerprint density at radius 2 is 1.58 bits per heavy atom. The molecule has 0 aromatic heterocycles. The van der Waals surface area contributed by atoms with Crippen molar-refractivity contribution >= 4 is 0 Å². The molecule has 4 aliphatic carbocycles. The van der Waals surface area contributed by atoms with Crippen molar-refractivity contribution in [2.75, 3.05) is 20.3 Å². The van der Waals surface area contributed by atoms with Gasteiger partial charge in [0.2, 0.25) is 0 Å². The van der Waals surface area contributed by atoms with Crippen molar-refractivity contribution in [1.82, 2.24) is 0 Å². The molecule has 2 aliphatic heterocycles. The van der Waals surface area contributed by atoms with Crippen LogP contribution >= 0.6 is 0 Å². The van der Waals surface area contributed by atoms with Crippen molar-refractivity contribution in [1.29, 1.82) is 0 Å². The Morgan fingerprint density at radius 3 is 2.28 bits per heavy atom. The Morgan fingerprint density at radius 1 is 0.868 bits per heavy atom. The Hall–Kier alpha value is -0.820. The van der Waals surface area contributed by atoms with Crippen molar-refractivity contribution in [3.63, 3.8) is 0 Å². The predicted octanol–water partition coefficient (Wildman–Crippen LogP) is 0.358. The van der Waals surface area contributed by atoms with Gasteiger partial charge in [-0.25, -0.2) is 0 Å². The molecule has 0 spiro atoms. The molecular weight excluding hydrogens is 692 g/mol. The zero-order valence-corrected chi connectivity index (χ0v) is 32.1. The first-order valence-electron chi connectivity index (χ1n) is 19.8. The van der Waals surface area contributed by atoms with Gasteiger partial charge in [0.05, 0.1) is 49.3 Å². The van der Waals surface area contributed by atoms with E-state index in [4.69, 9.17) is 23.7 Å². The van der Waals surface area contributed by atoms with Crippen LogP contribution < -0.4 is 0 Å². The fraction of sp³-hybridized carbons (Fsp3) is 0.949. The lowest BCUT2D eigenvalue weighted by molar-refractivity contribution is -0.295. The summed E-state index contributed by atoms with van der Waals surface area (Å²) < 4.78 is 28.6. The fourth-order valence-electron chi connectivity index (χ4n) is 11.9. The monoisotopic (exact) mass is 758 g/mol. The first-order chi connectivity index (χ1) is 24.9. The molecule has 14 nitrogen and oxygen atoms in total. The minimum Gasteiger partial charge on any atom is -0.390 e. The molecule has 0 radical (unpaired) electrons. The van der Waals surface area contributed by atoms with Gasteiger partial charge in [0, 0.05) is 19.4 Å². The molecule has 6 aliphatic rings. The van der Waals surface area contributed by atoms with E-state index < -0.39 is 102 Å². The fourth-order valence-corrected chi connectivity index (χ4v) is 11.9. The normalized spacial score (nSPS) is 52.5. The van der Waals surface area contributed by atoms with Gasteiger partial charge in [0.25, 0.3) is 0 Å². The Balaban J connectivity index is 1.09. The summed E-state index contributed by atoms with van der Waals surface area (Å²) in [7, 11) is 1.42. The number of aliphatic hydroxyl groups is 9. The largest absolute Gasteiger partial charge is 0.390 e. The predicted molar refractivity (Wildman–Crippen MR) is 189 cm³/mol. The molecule has 2 heterocycles. The van der Waals surface area contributed by atoms with Crippen molar-refractivity contribution in [2.45, 2.75) is 171 Å². The highest BCUT2D eigenvalue weighted by Gasteiger charge is 2.72. The lowest BCUT2D eigenvalue weighted by atomic mass is 9.43. The molecule has 0 aromatic rings. The standard InChI is InChI=1S/C39H66O14/c1-18(16-50-35-32(47)30(45)27(42)20(3)52-35)8-7-9-19(2)26-29(44)31(46)34-38(26,5)13-11-25-37(4)12-10-21(14-22(37)23(40)15-39(25,34)48)53-36-33(49-6)28(43)24(41)17-51-36/h14,18-21,23-36,40-48H,7-13,15-17H2,1-6H3/t18?,19-,20+,21+,23-,24-,25?,26+,27-,28+,29-,30-,31?,32+,33-,34?,35-,36+,37+,38-,39+/m1/s1. The minimum atomic E-state index is -1.41. The lowest BCUT2D eigenvalue weighted by Crippen LogP contribution is -2.66. The van der Waals surface area contributed by atoms with E-state index in [-0.39, 0.29) is 36.7 Å². The molecule has 6 rings (SSSR count). The van der Waals surface area contributed by atoms with E-state index in [9.17, 15) is 46.0 Å². The third-order valence-corrected chi connectivity index (χ3v) is 14.6. The van der Waals surface area contributed by atoms with Crippen LogP contribution in [0.2, 0.25) is 0 Å². The van der Waals surface area contributed by atoms with Crippen LogP contribution in [0.3, 0.4) is 0 Å². The van der Waals surface area contributed by atoms with E-state index in [1.165, 1.54) is 7.11 Å². The molecule has 21 atom stereocenters. The van der Waals surface area contributed by atoms with Gasteiger partial charge in [0.1, 0.15) is 36.6 Å². The maximum atomic E-state index is 12.8. The topological polar surface area (TPSA) is 228 Å². The molecule has 0 amide bonds. The second kappa shape index (κ2) is 15.8. The third kappa shape index (κ3) is 7.30. The molecule has 0 aromatic carbocycles. The first-order valence-corrected chi connectivity index (χ1v) is 19.8. The van der Waals surface area contributed by atoms with E-state index >= 15 is 0 Å². The zero-order valence-electron chi connectivity index (χ0n) is 32.1. The van der Waals surface area contributed by atoms with Gasteiger partial charge < -0.3 is 69.6 Å². The molecule has 9 N–H and O–H groups in total. The first kappa shape index (κ1) is 41.8. The number of hydrogen-bond donors (Lipinski definition) is 9. The van der Waals surface area contributed by atoms with Gasteiger partial charge in [-0.05, 0) is 79.1 Å². The van der Waals surface area contributed by atoms with E-state index in [0.29, 0.717) is 32.3 Å². The van der Waals surface area contributed by atoms with Crippen LogP contribution in [-0.2, 0) is 23.7 Å². The van der Waals surface area contributed by atoms with Gasteiger partial charge in [-0.2, -0.15) is 0 Å². The molecule has 3 saturated carbocycles. The van der Waals surface area contributed by atoms with E-state index in [0.717, 1.165) is 24.8 Å². The highest BCUT2D eigenvalue weighted by molar-refractivity contribution is 5.33. The highest BCUT2D eigenvalue weighted by atomic mass is 16.7. The Kier molecular flexibility index (Phi) is 12.5. The summed E-state index contributed by atoms with van der Waals surface area (Å²) in [5.74, 6) is -1.00. The second-order valence-corrected chi connectivity index (χ2v) is 18.0. The SMILES string of the molecule is CO[C@H]1[C@H](O[C@@H]2C=C3[C@H](O)C[C@]4(O)C(CC[C@@]5(C)C4C(O)[C@H](O)[C@@H]5[C@H](C)CCCC(C)CO[C@@H]4O[C@@H](C)[C@@H](O)[C@@H](O)[C@@H]4O)[C@@]3(C)CC2)OC[C@@H](O)[C@@H]1O. The van der Waals surface area contributed by atoms with Crippen LogP contribution in [0.5, 0.6) is 0 Å². The maximum absolute atomic E-state index is 12.8. The van der Waals surface area contributed by atoms with Crippen LogP contribution in [0.15, 0.2) is 11.6 Å². The molecule has 306 valence electrons. The quantitative estimate of drug-likeness (QED) is 0.130. The Bertz CT molecular complexity index is 1290. The summed E-state index contributed by atoms with van der Waals surface area (Å²) >= 11 is 0. The zero-order chi connectivity index (χ0) is 38.8. The average molecular weight is 759 g/mol. The molecule has 5 fully saturated rings. The summed E-state index contributed by atoms with van der Waals surface area (Å²) in [6.45, 7) is 10.1. The van der Waals surface area contributed by atoms with E-state index in [2.05, 4.69) is 20.8 Å². The minimum absolute atomic E-state index is 0.0358. The number of aliphatic hydroxyl groups excluding tert-OH is 8. The molecule has 53 heavy (non-hydrogen) atoms. The van der Waals surface area contributed by atoms with Crippen molar-refractivity contribution in [3.8, 4) is 0 Å². The summed E-state index contributed by atoms with van der Waals surface area (Å²) in [4.78, 5) is 0. The van der Waals surface area contributed by atoms with Crippen molar-refractivity contribution in [3.05, 3.63) is 11.6 Å². The summed E-state index contributed by atoms with van der Waals surface area (Å²) in [5, 5.41) is 98.7. The smallest absolute Gasteiger partial charge is 0.187 e. The molecule has 14 heteroatoms. The van der Waals surface area contributed by atoms with Gasteiger partial charge in [-0.3, -0.25) is 0 Å². The average Bonchev–Trinajstić information content (AvgIpc) is 3.31. The number of methoxy groups -OCH3 is 1. The molecule has 0 bridgehead atoms. The van der Waals surface area contributed by atoms with Gasteiger partial charge in [-0.15, -0.1) is 0 Å². The van der Waals surface area contributed by atoms with E-state index in [1.807, 2.05) is 13.0 Å². The number of hydrogen-bond acceptors (Lipinski definition) is 14. The van der Waals surface area contributed by atoms with Gasteiger partial charge >= 0.3 is 0 Å². The summed E-state index contributed by atoms with van der Waals surface area (Å²) in [6.07, 6.45) is -6.26. The maximum Gasteiger partial charge on any atom is 0.187 e. The third-order valence-electron chi connectivity index (χ3n) is 14.6. The second-order valence-electron chi connectivity index (χ2n) is 18.0. The Labute approximate surface area is 313 Å². The van der Waals surface area contributed by atoms with Crippen LogP contribution in [0.4, 0.5) is 0 Å². The van der Waals surface area contributed by atoms with Crippen LogP contribution in [0, 0.1) is 40.4 Å². The van der Waals surface area contributed by atoms with Crippen LogP contribution in [-0.4, -0.2) is 152 Å². The van der Waals surface area contributed by atoms with Gasteiger partial charge in [-0.1, -0.05) is 46.6 Å². The number of fused-ring (bicyclic) bond motifs is 5. The number of ether oxygens (including phenoxy) is 5. The van der Waals surface area contributed by atoms with Crippen LogP contribution in [0.25, 0.3) is 0 Å². The molecular formula is C39H66O14. The lowest BCUT2D eigenvalue weighted by Gasteiger charge is -2.64. The summed E-state index contributed by atoms with van der Waals surface area (Å²) in [5.41, 5.74) is -1.75. The highest BCUT2D eigenvalue weighted by Crippen LogP contribution is 2.69.